The highest BCUT2D eigenvalue weighted by Crippen LogP contribution is 2.19. The lowest BCUT2D eigenvalue weighted by Gasteiger charge is -2.19. The molecule has 0 bridgehead atoms. The van der Waals surface area contributed by atoms with E-state index in [1.54, 1.807) is 67.7 Å². The van der Waals surface area contributed by atoms with Crippen molar-refractivity contribution in [3.8, 4) is 5.75 Å². The molecular weight excluding hydrogens is 371 g/mol. The van der Waals surface area contributed by atoms with Gasteiger partial charge in [-0.15, -0.1) is 0 Å². The molecule has 0 aliphatic rings. The highest BCUT2D eigenvalue weighted by atomic mass is 19.1. The lowest BCUT2D eigenvalue weighted by molar-refractivity contribution is 0.0774. The van der Waals surface area contributed by atoms with Crippen LogP contribution in [0.3, 0.4) is 0 Å². The molecule has 29 heavy (non-hydrogen) atoms. The molecule has 3 aromatic rings. The summed E-state index contributed by atoms with van der Waals surface area (Å²) in [4.78, 5) is 26.7. The first-order chi connectivity index (χ1) is 14.1. The van der Waals surface area contributed by atoms with Crippen molar-refractivity contribution in [1.29, 1.82) is 0 Å². The van der Waals surface area contributed by atoms with E-state index in [4.69, 9.17) is 4.74 Å². The number of para-hydroxylation sites is 2. The standard InChI is InChI=1S/C23H21FN2O3/c1-26(15-16-29-21-14-8-6-12-19(21)24)23(28)18-11-5-7-13-20(18)25-22(27)17-9-3-2-4-10-17/h2-14H,15-16H2,1H3,(H,25,27). The summed E-state index contributed by atoms with van der Waals surface area (Å²) in [7, 11) is 1.63. The SMILES string of the molecule is CN(CCOc1ccccc1F)C(=O)c1ccccc1NC(=O)c1ccccc1. The van der Waals surface area contributed by atoms with Crippen LogP contribution in [-0.2, 0) is 0 Å². The molecule has 0 fully saturated rings. The van der Waals surface area contributed by atoms with E-state index in [-0.39, 0.29) is 30.7 Å². The van der Waals surface area contributed by atoms with Crippen molar-refractivity contribution in [3.63, 3.8) is 0 Å². The van der Waals surface area contributed by atoms with Gasteiger partial charge in [-0.05, 0) is 36.4 Å². The van der Waals surface area contributed by atoms with Gasteiger partial charge in [0.2, 0.25) is 0 Å². The molecule has 0 saturated carbocycles. The van der Waals surface area contributed by atoms with Crippen molar-refractivity contribution in [1.82, 2.24) is 4.90 Å². The van der Waals surface area contributed by atoms with Gasteiger partial charge < -0.3 is 15.0 Å². The fourth-order valence-corrected chi connectivity index (χ4v) is 2.72. The van der Waals surface area contributed by atoms with E-state index in [1.807, 2.05) is 6.07 Å². The van der Waals surface area contributed by atoms with Crippen LogP contribution < -0.4 is 10.1 Å². The smallest absolute Gasteiger partial charge is 0.255 e. The van der Waals surface area contributed by atoms with E-state index >= 15 is 0 Å². The van der Waals surface area contributed by atoms with Gasteiger partial charge in [0.25, 0.3) is 11.8 Å². The molecule has 1 N–H and O–H groups in total. The van der Waals surface area contributed by atoms with Gasteiger partial charge in [-0.2, -0.15) is 0 Å². The Labute approximate surface area is 168 Å². The predicted octanol–water partition coefficient (Wildman–Crippen LogP) is 4.23. The topological polar surface area (TPSA) is 58.6 Å². The van der Waals surface area contributed by atoms with Crippen LogP contribution in [0, 0.1) is 5.82 Å². The number of ether oxygens (including phenoxy) is 1. The minimum absolute atomic E-state index is 0.141. The maximum atomic E-state index is 13.6. The Morgan fingerprint density at radius 3 is 2.34 bits per heavy atom. The second-order valence-electron chi connectivity index (χ2n) is 6.37. The van der Waals surface area contributed by atoms with Gasteiger partial charge in [0, 0.05) is 12.6 Å². The van der Waals surface area contributed by atoms with Crippen LogP contribution in [0.1, 0.15) is 20.7 Å². The Balaban J connectivity index is 1.64. The summed E-state index contributed by atoms with van der Waals surface area (Å²) in [6.07, 6.45) is 0. The van der Waals surface area contributed by atoms with E-state index in [0.717, 1.165) is 0 Å². The summed E-state index contributed by atoms with van der Waals surface area (Å²) in [6.45, 7) is 0.399. The number of carbonyl (C=O) groups is 2. The molecule has 2 amide bonds. The predicted molar refractivity (Wildman–Crippen MR) is 110 cm³/mol. The Morgan fingerprint density at radius 1 is 0.931 bits per heavy atom. The molecule has 0 aliphatic carbocycles. The number of nitrogens with zero attached hydrogens (tertiary/aromatic N) is 1. The average molecular weight is 392 g/mol. The van der Waals surface area contributed by atoms with Crippen LogP contribution in [-0.4, -0.2) is 36.9 Å². The number of halogens is 1. The third kappa shape index (κ3) is 5.19. The number of anilines is 1. The molecule has 3 rings (SSSR count). The molecule has 0 heterocycles. The number of nitrogens with one attached hydrogen (secondary N) is 1. The number of hydrogen-bond acceptors (Lipinski definition) is 3. The molecule has 5 nitrogen and oxygen atoms in total. The van der Waals surface area contributed by atoms with Gasteiger partial charge in [0.05, 0.1) is 17.8 Å². The molecule has 0 unspecified atom stereocenters. The number of carbonyl (C=O) groups excluding carboxylic acids is 2. The first kappa shape index (κ1) is 20.1. The van der Waals surface area contributed by atoms with Crippen LogP contribution >= 0.6 is 0 Å². The lowest BCUT2D eigenvalue weighted by Crippen LogP contribution is -2.31. The minimum atomic E-state index is -0.449. The summed E-state index contributed by atoms with van der Waals surface area (Å²) in [5.74, 6) is -0.873. The fraction of sp³-hybridized carbons (Fsp3) is 0.130. The Hall–Kier alpha value is -3.67. The molecule has 0 aromatic heterocycles. The van der Waals surface area contributed by atoms with Gasteiger partial charge in [-0.1, -0.05) is 42.5 Å². The van der Waals surface area contributed by atoms with Gasteiger partial charge in [-0.25, -0.2) is 4.39 Å². The first-order valence-corrected chi connectivity index (χ1v) is 9.14. The maximum absolute atomic E-state index is 13.6. The fourth-order valence-electron chi connectivity index (χ4n) is 2.72. The molecule has 0 spiro atoms. The summed E-state index contributed by atoms with van der Waals surface area (Å²) in [5, 5.41) is 2.78. The third-order valence-corrected chi connectivity index (χ3v) is 4.31. The van der Waals surface area contributed by atoms with E-state index in [2.05, 4.69) is 5.32 Å². The Morgan fingerprint density at radius 2 is 1.59 bits per heavy atom. The minimum Gasteiger partial charge on any atom is -0.489 e. The Kier molecular flexibility index (Phi) is 6.58. The van der Waals surface area contributed by atoms with E-state index < -0.39 is 5.82 Å². The molecule has 0 atom stereocenters. The monoisotopic (exact) mass is 392 g/mol. The molecule has 0 aliphatic heterocycles. The second-order valence-corrected chi connectivity index (χ2v) is 6.37. The van der Waals surface area contributed by atoms with Gasteiger partial charge in [-0.3, -0.25) is 9.59 Å². The Bertz CT molecular complexity index is 992. The van der Waals surface area contributed by atoms with E-state index in [1.165, 1.54) is 17.0 Å². The quantitative estimate of drug-likeness (QED) is 0.655. The first-order valence-electron chi connectivity index (χ1n) is 9.14. The molecule has 3 aromatic carbocycles. The highest BCUT2D eigenvalue weighted by Gasteiger charge is 2.17. The van der Waals surface area contributed by atoms with Gasteiger partial charge in [0.1, 0.15) is 6.61 Å². The van der Waals surface area contributed by atoms with Crippen molar-refractivity contribution in [3.05, 3.63) is 95.8 Å². The normalized spacial score (nSPS) is 10.3. The summed E-state index contributed by atoms with van der Waals surface area (Å²) in [5.41, 5.74) is 1.29. The lowest BCUT2D eigenvalue weighted by atomic mass is 10.1. The number of amides is 2. The maximum Gasteiger partial charge on any atom is 0.255 e. The second kappa shape index (κ2) is 9.50. The van der Waals surface area contributed by atoms with Crippen LogP contribution in [0.4, 0.5) is 10.1 Å². The zero-order valence-corrected chi connectivity index (χ0v) is 16.0. The summed E-state index contributed by atoms with van der Waals surface area (Å²) >= 11 is 0. The zero-order chi connectivity index (χ0) is 20.6. The number of rotatable bonds is 7. The van der Waals surface area contributed by atoms with Crippen molar-refractivity contribution < 1.29 is 18.7 Å². The zero-order valence-electron chi connectivity index (χ0n) is 16.0. The molecule has 0 radical (unpaired) electrons. The molecule has 148 valence electrons. The van der Waals surface area contributed by atoms with Gasteiger partial charge >= 0.3 is 0 Å². The van der Waals surface area contributed by atoms with Crippen molar-refractivity contribution in [2.75, 3.05) is 25.5 Å². The summed E-state index contributed by atoms with van der Waals surface area (Å²) in [6, 6.07) is 21.7. The third-order valence-electron chi connectivity index (χ3n) is 4.31. The number of hydrogen-bond donors (Lipinski definition) is 1. The highest BCUT2D eigenvalue weighted by molar-refractivity contribution is 6.08. The largest absolute Gasteiger partial charge is 0.489 e. The summed E-state index contributed by atoms with van der Waals surface area (Å²) < 4.78 is 19.0. The molecular formula is C23H21FN2O3. The van der Waals surface area contributed by atoms with Crippen LogP contribution in [0.5, 0.6) is 5.75 Å². The van der Waals surface area contributed by atoms with Crippen molar-refractivity contribution in [2.24, 2.45) is 0 Å². The van der Waals surface area contributed by atoms with E-state index in [0.29, 0.717) is 16.8 Å². The van der Waals surface area contributed by atoms with Crippen LogP contribution in [0.2, 0.25) is 0 Å². The van der Waals surface area contributed by atoms with E-state index in [9.17, 15) is 14.0 Å². The van der Waals surface area contributed by atoms with Crippen molar-refractivity contribution >= 4 is 17.5 Å². The van der Waals surface area contributed by atoms with Gasteiger partial charge in [0.15, 0.2) is 11.6 Å². The molecule has 6 heteroatoms. The molecule has 0 saturated heterocycles. The average Bonchev–Trinajstić information content (AvgIpc) is 2.75. The number of likely N-dealkylation sites (N-methyl/N-ethyl adjacent to an activating group) is 1. The van der Waals surface area contributed by atoms with Crippen LogP contribution in [0.15, 0.2) is 78.9 Å². The number of benzene rings is 3. The van der Waals surface area contributed by atoms with Crippen LogP contribution in [0.25, 0.3) is 0 Å². The van der Waals surface area contributed by atoms with Crippen molar-refractivity contribution in [2.45, 2.75) is 0 Å².